The van der Waals surface area contributed by atoms with Gasteiger partial charge in [0.25, 0.3) is 5.91 Å². The molecule has 3 aromatic rings. The lowest BCUT2D eigenvalue weighted by Crippen LogP contribution is -2.34. The highest BCUT2D eigenvalue weighted by Gasteiger charge is 2.20. The fraction of sp³-hybridized carbons (Fsp3) is 0.238. The molecule has 1 heterocycles. The van der Waals surface area contributed by atoms with Crippen molar-refractivity contribution in [2.75, 3.05) is 13.7 Å². The second kappa shape index (κ2) is 8.49. The van der Waals surface area contributed by atoms with E-state index in [1.165, 1.54) is 10.7 Å². The standard InChI is InChI=1S/C21H22FN3O2/c1-24-20(11-13-23-24)21(26)25(15-17-5-3-4-6-19(17)22)14-12-16-7-9-18(27-2)10-8-16/h3-11,13H,12,14-15H2,1-2H3. The Bertz CT molecular complexity index is 906. The molecule has 0 aliphatic heterocycles. The van der Waals surface area contributed by atoms with Crippen LogP contribution in [0.2, 0.25) is 0 Å². The van der Waals surface area contributed by atoms with Crippen molar-refractivity contribution in [1.29, 1.82) is 0 Å². The molecule has 0 fully saturated rings. The molecule has 0 N–H and O–H groups in total. The third-order valence-corrected chi connectivity index (χ3v) is 4.48. The Morgan fingerprint density at radius 1 is 1.15 bits per heavy atom. The van der Waals surface area contributed by atoms with Crippen LogP contribution in [0.15, 0.2) is 60.8 Å². The number of benzene rings is 2. The summed E-state index contributed by atoms with van der Waals surface area (Å²) >= 11 is 0. The normalized spacial score (nSPS) is 10.6. The largest absolute Gasteiger partial charge is 0.497 e. The maximum absolute atomic E-state index is 14.1. The first-order chi connectivity index (χ1) is 13.1. The van der Waals surface area contributed by atoms with Crippen LogP contribution in [0.4, 0.5) is 4.39 Å². The van der Waals surface area contributed by atoms with Gasteiger partial charge in [0.05, 0.1) is 7.11 Å². The summed E-state index contributed by atoms with van der Waals surface area (Å²) in [6.45, 7) is 0.664. The zero-order chi connectivity index (χ0) is 19.2. The molecule has 0 radical (unpaired) electrons. The van der Waals surface area contributed by atoms with Crippen LogP contribution in [0.3, 0.4) is 0 Å². The highest BCUT2D eigenvalue weighted by molar-refractivity contribution is 5.92. The number of hydrogen-bond acceptors (Lipinski definition) is 3. The Labute approximate surface area is 158 Å². The molecule has 1 amide bonds. The van der Waals surface area contributed by atoms with Crippen LogP contribution in [-0.4, -0.2) is 34.2 Å². The monoisotopic (exact) mass is 367 g/mol. The molecule has 1 aromatic heterocycles. The van der Waals surface area contributed by atoms with E-state index in [4.69, 9.17) is 4.74 Å². The minimum absolute atomic E-state index is 0.174. The SMILES string of the molecule is COc1ccc(CCN(Cc2ccccc2F)C(=O)c2ccnn2C)cc1. The molecule has 5 nitrogen and oxygen atoms in total. The lowest BCUT2D eigenvalue weighted by Gasteiger charge is -2.23. The number of carbonyl (C=O) groups is 1. The summed E-state index contributed by atoms with van der Waals surface area (Å²) in [7, 11) is 3.34. The van der Waals surface area contributed by atoms with Gasteiger partial charge in [0.15, 0.2) is 0 Å². The zero-order valence-corrected chi connectivity index (χ0v) is 15.4. The molecule has 0 saturated carbocycles. The van der Waals surface area contributed by atoms with Crippen molar-refractivity contribution in [1.82, 2.24) is 14.7 Å². The van der Waals surface area contributed by atoms with Crippen molar-refractivity contribution in [3.05, 3.63) is 83.4 Å². The molecule has 0 atom stereocenters. The van der Waals surface area contributed by atoms with E-state index in [0.29, 0.717) is 24.2 Å². The van der Waals surface area contributed by atoms with Gasteiger partial charge in [0, 0.05) is 31.9 Å². The lowest BCUT2D eigenvalue weighted by molar-refractivity contribution is 0.0732. The summed E-state index contributed by atoms with van der Waals surface area (Å²) in [5.41, 5.74) is 2.04. The topological polar surface area (TPSA) is 47.4 Å². The second-order valence-electron chi connectivity index (χ2n) is 6.26. The molecule has 0 spiro atoms. The van der Waals surface area contributed by atoms with Crippen molar-refractivity contribution in [2.45, 2.75) is 13.0 Å². The number of aromatic nitrogens is 2. The quantitative estimate of drug-likeness (QED) is 0.643. The van der Waals surface area contributed by atoms with E-state index in [2.05, 4.69) is 5.10 Å². The number of halogens is 1. The van der Waals surface area contributed by atoms with Crippen LogP contribution < -0.4 is 4.74 Å². The van der Waals surface area contributed by atoms with E-state index in [1.807, 2.05) is 24.3 Å². The number of rotatable bonds is 7. The summed E-state index contributed by atoms with van der Waals surface area (Å²) in [6, 6.07) is 15.9. The second-order valence-corrected chi connectivity index (χ2v) is 6.26. The molecular weight excluding hydrogens is 345 g/mol. The minimum Gasteiger partial charge on any atom is -0.497 e. The van der Waals surface area contributed by atoms with Crippen molar-refractivity contribution < 1.29 is 13.9 Å². The molecule has 0 bridgehead atoms. The van der Waals surface area contributed by atoms with E-state index in [-0.39, 0.29) is 18.3 Å². The van der Waals surface area contributed by atoms with Crippen LogP contribution in [0.25, 0.3) is 0 Å². The van der Waals surface area contributed by atoms with E-state index in [9.17, 15) is 9.18 Å². The fourth-order valence-corrected chi connectivity index (χ4v) is 2.89. The summed E-state index contributed by atoms with van der Waals surface area (Å²) in [6.07, 6.45) is 2.24. The van der Waals surface area contributed by atoms with Gasteiger partial charge in [0.1, 0.15) is 17.3 Å². The molecule has 0 aliphatic carbocycles. The number of nitrogens with zero attached hydrogens (tertiary/aromatic N) is 3. The molecule has 3 rings (SSSR count). The number of amides is 1. The van der Waals surface area contributed by atoms with Crippen molar-refractivity contribution >= 4 is 5.91 Å². The summed E-state index contributed by atoms with van der Waals surface area (Å²) in [5.74, 6) is 0.296. The number of aryl methyl sites for hydroxylation is 1. The fourth-order valence-electron chi connectivity index (χ4n) is 2.89. The van der Waals surface area contributed by atoms with E-state index in [0.717, 1.165) is 11.3 Å². The number of hydrogen-bond donors (Lipinski definition) is 0. The number of ether oxygens (including phenoxy) is 1. The zero-order valence-electron chi connectivity index (χ0n) is 15.4. The highest BCUT2D eigenvalue weighted by atomic mass is 19.1. The Hall–Kier alpha value is -3.15. The molecule has 27 heavy (non-hydrogen) atoms. The number of carbonyl (C=O) groups excluding carboxylic acids is 1. The summed E-state index contributed by atoms with van der Waals surface area (Å²) < 4.78 is 20.8. The highest BCUT2D eigenvalue weighted by Crippen LogP contribution is 2.16. The van der Waals surface area contributed by atoms with Gasteiger partial charge >= 0.3 is 0 Å². The van der Waals surface area contributed by atoms with Gasteiger partial charge in [-0.3, -0.25) is 9.48 Å². The van der Waals surface area contributed by atoms with Crippen molar-refractivity contribution in [3.8, 4) is 5.75 Å². The molecule has 140 valence electrons. The van der Waals surface area contributed by atoms with Gasteiger partial charge in [-0.1, -0.05) is 30.3 Å². The third kappa shape index (κ3) is 4.53. The molecule has 0 saturated heterocycles. The van der Waals surface area contributed by atoms with E-state index in [1.54, 1.807) is 49.5 Å². The van der Waals surface area contributed by atoms with Crippen LogP contribution >= 0.6 is 0 Å². The van der Waals surface area contributed by atoms with Crippen LogP contribution in [0.1, 0.15) is 21.6 Å². The van der Waals surface area contributed by atoms with Gasteiger partial charge in [0.2, 0.25) is 0 Å². The Morgan fingerprint density at radius 3 is 2.52 bits per heavy atom. The molecule has 0 unspecified atom stereocenters. The van der Waals surface area contributed by atoms with Gasteiger partial charge in [-0.2, -0.15) is 5.10 Å². The first-order valence-corrected chi connectivity index (χ1v) is 8.72. The van der Waals surface area contributed by atoms with Crippen molar-refractivity contribution in [2.24, 2.45) is 7.05 Å². The summed E-state index contributed by atoms with van der Waals surface area (Å²) in [4.78, 5) is 14.6. The van der Waals surface area contributed by atoms with Gasteiger partial charge < -0.3 is 9.64 Å². The third-order valence-electron chi connectivity index (χ3n) is 4.48. The maximum atomic E-state index is 14.1. The Balaban J connectivity index is 1.79. The van der Waals surface area contributed by atoms with Crippen LogP contribution in [-0.2, 0) is 20.0 Å². The lowest BCUT2D eigenvalue weighted by atomic mass is 10.1. The van der Waals surface area contributed by atoms with E-state index >= 15 is 0 Å². The van der Waals surface area contributed by atoms with Gasteiger partial charge in [-0.15, -0.1) is 0 Å². The van der Waals surface area contributed by atoms with Crippen LogP contribution in [0.5, 0.6) is 5.75 Å². The molecule has 2 aromatic carbocycles. The smallest absolute Gasteiger partial charge is 0.272 e. The summed E-state index contributed by atoms with van der Waals surface area (Å²) in [5, 5.41) is 4.06. The van der Waals surface area contributed by atoms with E-state index < -0.39 is 0 Å². The minimum atomic E-state index is -0.315. The van der Waals surface area contributed by atoms with Gasteiger partial charge in [-0.05, 0) is 36.2 Å². The predicted octanol–water partition coefficient (Wildman–Crippen LogP) is 3.45. The average molecular weight is 367 g/mol. The molecular formula is C21H22FN3O2. The Kier molecular flexibility index (Phi) is 5.86. The van der Waals surface area contributed by atoms with Crippen LogP contribution in [0, 0.1) is 5.82 Å². The molecule has 6 heteroatoms. The first kappa shape index (κ1) is 18.6. The number of methoxy groups -OCH3 is 1. The maximum Gasteiger partial charge on any atom is 0.272 e. The average Bonchev–Trinajstić information content (AvgIpc) is 3.12. The molecule has 0 aliphatic rings. The predicted molar refractivity (Wildman–Crippen MR) is 101 cm³/mol. The van der Waals surface area contributed by atoms with Gasteiger partial charge in [-0.25, -0.2) is 4.39 Å². The Morgan fingerprint density at radius 2 is 1.89 bits per heavy atom. The first-order valence-electron chi connectivity index (χ1n) is 8.72. The van der Waals surface area contributed by atoms with Crippen molar-refractivity contribution in [3.63, 3.8) is 0 Å².